The Bertz CT molecular complexity index is 434. The third-order valence-corrected chi connectivity index (χ3v) is 3.27. The van der Waals surface area contributed by atoms with E-state index in [1.54, 1.807) is 12.1 Å². The number of nitrogens with one attached hydrogen (secondary N) is 1. The van der Waals surface area contributed by atoms with Crippen molar-refractivity contribution in [2.75, 3.05) is 6.54 Å². The quantitative estimate of drug-likeness (QED) is 0.848. The van der Waals surface area contributed by atoms with E-state index in [1.807, 2.05) is 19.1 Å². The third-order valence-electron chi connectivity index (χ3n) is 2.58. The predicted octanol–water partition coefficient (Wildman–Crippen LogP) is 2.68. The van der Waals surface area contributed by atoms with E-state index in [4.69, 9.17) is 5.11 Å². The molecule has 1 unspecified atom stereocenters. The van der Waals surface area contributed by atoms with Crippen LogP contribution in [0.2, 0.25) is 0 Å². The highest BCUT2D eigenvalue weighted by Crippen LogP contribution is 2.15. The smallest absolute Gasteiger partial charge is 0.303 e. The molecule has 0 spiro atoms. The fourth-order valence-corrected chi connectivity index (χ4v) is 1.94. The van der Waals surface area contributed by atoms with Gasteiger partial charge in [0.05, 0.1) is 5.56 Å². The molecule has 2 N–H and O–H groups in total. The van der Waals surface area contributed by atoms with Gasteiger partial charge in [-0.2, -0.15) is 0 Å². The van der Waals surface area contributed by atoms with Crippen LogP contribution in [0.25, 0.3) is 0 Å². The van der Waals surface area contributed by atoms with Gasteiger partial charge in [0, 0.05) is 17.4 Å². The van der Waals surface area contributed by atoms with Crippen molar-refractivity contribution in [3.8, 4) is 0 Å². The summed E-state index contributed by atoms with van der Waals surface area (Å²) < 4.78 is 0.751. The molecule has 0 aliphatic heterocycles. The number of carbonyl (C=O) groups is 2. The number of hydrogen-bond donors (Lipinski definition) is 2. The molecule has 1 rings (SSSR count). The molecule has 1 atom stereocenters. The summed E-state index contributed by atoms with van der Waals surface area (Å²) in [4.78, 5) is 22.3. The number of halogens is 1. The lowest BCUT2D eigenvalue weighted by atomic mass is 10.1. The molecule has 0 aliphatic carbocycles. The minimum Gasteiger partial charge on any atom is -0.481 e. The number of amides is 1. The maximum absolute atomic E-state index is 11.9. The molecule has 0 bridgehead atoms. The van der Waals surface area contributed by atoms with Crippen LogP contribution in [0, 0.1) is 5.92 Å². The van der Waals surface area contributed by atoms with Gasteiger partial charge in [-0.15, -0.1) is 0 Å². The molecule has 0 saturated carbocycles. The largest absolute Gasteiger partial charge is 0.481 e. The molecule has 0 heterocycles. The lowest BCUT2D eigenvalue weighted by Gasteiger charge is -2.12. The summed E-state index contributed by atoms with van der Waals surface area (Å²) in [6, 6.07) is 7.19. The Balaban J connectivity index is 2.42. The number of carbonyl (C=O) groups excluding carboxylic acids is 1. The third kappa shape index (κ3) is 4.87. The number of hydrogen-bond acceptors (Lipinski definition) is 2. The predicted molar refractivity (Wildman–Crippen MR) is 72.5 cm³/mol. The van der Waals surface area contributed by atoms with Gasteiger partial charge in [-0.3, -0.25) is 9.59 Å². The first-order valence-corrected chi connectivity index (χ1v) is 6.54. The topological polar surface area (TPSA) is 66.4 Å². The molecule has 5 heteroatoms. The fourth-order valence-electron chi connectivity index (χ4n) is 1.48. The molecule has 1 amide bonds. The van der Waals surface area contributed by atoms with E-state index in [0.29, 0.717) is 18.5 Å². The van der Waals surface area contributed by atoms with Crippen LogP contribution in [-0.2, 0) is 4.79 Å². The van der Waals surface area contributed by atoms with Crippen LogP contribution < -0.4 is 5.32 Å². The molecule has 1 aromatic rings. The van der Waals surface area contributed by atoms with Gasteiger partial charge in [0.1, 0.15) is 0 Å². The second-order valence-corrected chi connectivity index (χ2v) is 5.08. The molecule has 0 radical (unpaired) electrons. The number of aliphatic carboxylic acids is 1. The van der Waals surface area contributed by atoms with E-state index in [1.165, 1.54) is 0 Å². The summed E-state index contributed by atoms with van der Waals surface area (Å²) in [6.07, 6.45) is 0.692. The Morgan fingerprint density at radius 3 is 2.67 bits per heavy atom. The van der Waals surface area contributed by atoms with Crippen molar-refractivity contribution in [1.29, 1.82) is 0 Å². The SMILES string of the molecule is CC(CCC(=O)O)CNC(=O)c1ccccc1Br. The first kappa shape index (κ1) is 14.7. The average molecular weight is 314 g/mol. The first-order valence-electron chi connectivity index (χ1n) is 5.75. The van der Waals surface area contributed by atoms with Gasteiger partial charge in [-0.25, -0.2) is 0 Å². The molecular formula is C13H16BrNO3. The van der Waals surface area contributed by atoms with E-state index < -0.39 is 5.97 Å². The van der Waals surface area contributed by atoms with Crippen molar-refractivity contribution in [3.05, 3.63) is 34.3 Å². The van der Waals surface area contributed by atoms with Crippen molar-refractivity contribution in [2.24, 2.45) is 5.92 Å². The zero-order chi connectivity index (χ0) is 13.5. The van der Waals surface area contributed by atoms with E-state index >= 15 is 0 Å². The number of rotatable bonds is 6. The van der Waals surface area contributed by atoms with Crippen molar-refractivity contribution >= 4 is 27.8 Å². The summed E-state index contributed by atoms with van der Waals surface area (Å²) in [5.74, 6) is -0.809. The zero-order valence-electron chi connectivity index (χ0n) is 10.1. The molecule has 18 heavy (non-hydrogen) atoms. The van der Waals surface area contributed by atoms with Crippen molar-refractivity contribution < 1.29 is 14.7 Å². The van der Waals surface area contributed by atoms with Crippen molar-refractivity contribution in [1.82, 2.24) is 5.32 Å². The number of benzene rings is 1. The summed E-state index contributed by atoms with van der Waals surface area (Å²) in [6.45, 7) is 2.40. The Hall–Kier alpha value is -1.36. The highest BCUT2D eigenvalue weighted by atomic mass is 79.9. The highest BCUT2D eigenvalue weighted by Gasteiger charge is 2.11. The maximum Gasteiger partial charge on any atom is 0.303 e. The summed E-state index contributed by atoms with van der Waals surface area (Å²) in [7, 11) is 0. The molecule has 0 aromatic heterocycles. The Kier molecular flexibility index (Phi) is 5.85. The first-order chi connectivity index (χ1) is 8.50. The molecule has 0 aliphatic rings. The zero-order valence-corrected chi connectivity index (χ0v) is 11.7. The number of carboxylic acid groups (broad SMARTS) is 1. The summed E-state index contributed by atoms with van der Waals surface area (Å²) in [5, 5.41) is 11.4. The van der Waals surface area contributed by atoms with E-state index in [2.05, 4.69) is 21.2 Å². The lowest BCUT2D eigenvalue weighted by molar-refractivity contribution is -0.137. The van der Waals surface area contributed by atoms with E-state index in [0.717, 1.165) is 4.47 Å². The average Bonchev–Trinajstić information content (AvgIpc) is 2.34. The van der Waals surface area contributed by atoms with Gasteiger partial charge in [-0.1, -0.05) is 19.1 Å². The molecule has 0 fully saturated rings. The Morgan fingerprint density at radius 1 is 1.39 bits per heavy atom. The van der Waals surface area contributed by atoms with Crippen molar-refractivity contribution in [2.45, 2.75) is 19.8 Å². The van der Waals surface area contributed by atoms with Gasteiger partial charge >= 0.3 is 5.97 Å². The van der Waals surface area contributed by atoms with Crippen LogP contribution in [0.5, 0.6) is 0 Å². The van der Waals surface area contributed by atoms with Gasteiger partial charge < -0.3 is 10.4 Å². The van der Waals surface area contributed by atoms with Gasteiger partial charge in [0.25, 0.3) is 5.91 Å². The Labute approximate surface area is 115 Å². The lowest BCUT2D eigenvalue weighted by Crippen LogP contribution is -2.28. The van der Waals surface area contributed by atoms with E-state index in [9.17, 15) is 9.59 Å². The second kappa shape index (κ2) is 7.16. The minimum atomic E-state index is -0.806. The molecule has 0 saturated heterocycles. The fraction of sp³-hybridized carbons (Fsp3) is 0.385. The monoisotopic (exact) mass is 313 g/mol. The molecule has 1 aromatic carbocycles. The van der Waals surface area contributed by atoms with Gasteiger partial charge in [0.15, 0.2) is 0 Å². The van der Waals surface area contributed by atoms with Crippen LogP contribution in [0.15, 0.2) is 28.7 Å². The maximum atomic E-state index is 11.9. The van der Waals surface area contributed by atoms with Crippen LogP contribution >= 0.6 is 15.9 Å². The second-order valence-electron chi connectivity index (χ2n) is 4.23. The summed E-state index contributed by atoms with van der Waals surface area (Å²) >= 11 is 3.32. The Morgan fingerprint density at radius 2 is 2.06 bits per heavy atom. The molecule has 98 valence electrons. The normalized spacial score (nSPS) is 11.9. The van der Waals surface area contributed by atoms with Crippen LogP contribution in [0.4, 0.5) is 0 Å². The molecule has 4 nitrogen and oxygen atoms in total. The van der Waals surface area contributed by atoms with Gasteiger partial charge in [-0.05, 0) is 40.4 Å². The van der Waals surface area contributed by atoms with Crippen LogP contribution in [0.3, 0.4) is 0 Å². The van der Waals surface area contributed by atoms with Crippen molar-refractivity contribution in [3.63, 3.8) is 0 Å². The van der Waals surface area contributed by atoms with Gasteiger partial charge in [0.2, 0.25) is 0 Å². The molecular weight excluding hydrogens is 298 g/mol. The van der Waals surface area contributed by atoms with Crippen LogP contribution in [-0.4, -0.2) is 23.5 Å². The standard InChI is InChI=1S/C13H16BrNO3/c1-9(6-7-12(16)17)8-15-13(18)10-4-2-3-5-11(10)14/h2-5,9H,6-8H2,1H3,(H,15,18)(H,16,17). The number of carboxylic acids is 1. The minimum absolute atomic E-state index is 0.131. The van der Waals surface area contributed by atoms with Crippen LogP contribution in [0.1, 0.15) is 30.1 Å². The highest BCUT2D eigenvalue weighted by molar-refractivity contribution is 9.10. The summed E-state index contributed by atoms with van der Waals surface area (Å²) in [5.41, 5.74) is 0.586. The van der Waals surface area contributed by atoms with E-state index in [-0.39, 0.29) is 18.2 Å².